The van der Waals surface area contributed by atoms with Crippen molar-refractivity contribution in [2.45, 2.75) is 38.1 Å². The number of hydrogen-bond acceptors (Lipinski definition) is 3. The van der Waals surface area contributed by atoms with Crippen LogP contribution in [0.2, 0.25) is 0 Å². The van der Waals surface area contributed by atoms with Crippen LogP contribution in [0.3, 0.4) is 0 Å². The Bertz CT molecular complexity index is 551. The van der Waals surface area contributed by atoms with Gasteiger partial charge in [-0.15, -0.1) is 0 Å². The zero-order chi connectivity index (χ0) is 18.1. The van der Waals surface area contributed by atoms with Gasteiger partial charge < -0.3 is 15.3 Å². The van der Waals surface area contributed by atoms with E-state index in [1.54, 1.807) is 0 Å². The maximum Gasteiger partial charge on any atom is 0.317 e. The minimum Gasteiger partial charge on any atom is -0.481 e. The molecular weight excluding hydrogens is 336 g/mol. The highest BCUT2D eigenvalue weighted by atomic mass is 32.2. The minimum atomic E-state index is -0.828. The van der Waals surface area contributed by atoms with E-state index < -0.39 is 5.97 Å². The van der Waals surface area contributed by atoms with Gasteiger partial charge in [-0.1, -0.05) is 30.3 Å². The Morgan fingerprint density at radius 3 is 2.80 bits per heavy atom. The number of likely N-dealkylation sites (tertiary alicyclic amines) is 1. The number of benzene rings is 1. The molecule has 0 spiro atoms. The predicted octanol–water partition coefficient (Wildman–Crippen LogP) is 3.25. The Labute approximate surface area is 154 Å². The average molecular weight is 365 g/mol. The number of carbonyl (C=O) groups excluding carboxylic acids is 1. The first-order valence-corrected chi connectivity index (χ1v) is 10.3. The first kappa shape index (κ1) is 19.6. The van der Waals surface area contributed by atoms with Gasteiger partial charge in [0.1, 0.15) is 0 Å². The molecule has 2 rings (SSSR count). The lowest BCUT2D eigenvalue weighted by Crippen LogP contribution is -2.49. The fourth-order valence-corrected chi connectivity index (χ4v) is 4.05. The quantitative estimate of drug-likeness (QED) is 0.743. The molecular formula is C19H28N2O3S. The standard InChI is InChI=1S/C19H28N2O3S/c1-25-14-16-8-5-11-21(13-16)19(24)20-17(9-10-18(22)23)12-15-6-3-2-4-7-15/h2-4,6-7,16-17H,5,8-14H2,1H3,(H,20,24)(H,22,23). The Balaban J connectivity index is 1.94. The van der Waals surface area contributed by atoms with E-state index in [2.05, 4.69) is 11.6 Å². The van der Waals surface area contributed by atoms with Gasteiger partial charge in [-0.3, -0.25) is 4.79 Å². The summed E-state index contributed by atoms with van der Waals surface area (Å²) in [5, 5.41) is 12.0. The van der Waals surface area contributed by atoms with E-state index in [4.69, 9.17) is 5.11 Å². The first-order chi connectivity index (χ1) is 12.1. The summed E-state index contributed by atoms with van der Waals surface area (Å²) < 4.78 is 0. The van der Waals surface area contributed by atoms with E-state index in [1.165, 1.54) is 6.42 Å². The van der Waals surface area contributed by atoms with E-state index in [9.17, 15) is 9.59 Å². The van der Waals surface area contributed by atoms with E-state index in [0.29, 0.717) is 18.8 Å². The van der Waals surface area contributed by atoms with Gasteiger partial charge in [0.15, 0.2) is 0 Å². The van der Waals surface area contributed by atoms with E-state index in [1.807, 2.05) is 47.0 Å². The number of amides is 2. The van der Waals surface area contributed by atoms with Crippen molar-refractivity contribution < 1.29 is 14.7 Å². The third-order valence-electron chi connectivity index (χ3n) is 4.57. The zero-order valence-corrected chi connectivity index (χ0v) is 15.6. The highest BCUT2D eigenvalue weighted by Gasteiger charge is 2.25. The summed E-state index contributed by atoms with van der Waals surface area (Å²) in [4.78, 5) is 25.5. The van der Waals surface area contributed by atoms with E-state index in [-0.39, 0.29) is 18.5 Å². The lowest BCUT2D eigenvalue weighted by Gasteiger charge is -2.33. The van der Waals surface area contributed by atoms with Crippen LogP contribution in [-0.2, 0) is 11.2 Å². The molecule has 1 aromatic rings. The second-order valence-electron chi connectivity index (χ2n) is 6.68. The Morgan fingerprint density at radius 2 is 2.12 bits per heavy atom. The van der Waals surface area contributed by atoms with Gasteiger partial charge in [-0.2, -0.15) is 11.8 Å². The molecule has 2 atom stereocenters. The monoisotopic (exact) mass is 364 g/mol. The molecule has 25 heavy (non-hydrogen) atoms. The van der Waals surface area contributed by atoms with Crippen LogP contribution < -0.4 is 5.32 Å². The predicted molar refractivity (Wildman–Crippen MR) is 102 cm³/mol. The number of carboxylic acid groups (broad SMARTS) is 1. The molecule has 138 valence electrons. The second kappa shape index (κ2) is 10.3. The van der Waals surface area contributed by atoms with Crippen molar-refractivity contribution in [2.24, 2.45) is 5.92 Å². The number of carboxylic acids is 1. The molecule has 1 fully saturated rings. The lowest BCUT2D eigenvalue weighted by molar-refractivity contribution is -0.137. The number of urea groups is 1. The van der Waals surface area contributed by atoms with Crippen LogP contribution in [0.1, 0.15) is 31.2 Å². The molecule has 0 saturated carbocycles. The van der Waals surface area contributed by atoms with Crippen molar-refractivity contribution in [3.63, 3.8) is 0 Å². The SMILES string of the molecule is CSCC1CCCN(C(=O)NC(CCC(=O)O)Cc2ccccc2)C1. The maximum absolute atomic E-state index is 12.7. The number of rotatable bonds is 8. The maximum atomic E-state index is 12.7. The molecule has 2 N–H and O–H groups in total. The third kappa shape index (κ3) is 6.98. The molecule has 0 aliphatic carbocycles. The molecule has 6 heteroatoms. The molecule has 5 nitrogen and oxygen atoms in total. The molecule has 0 bridgehead atoms. The summed E-state index contributed by atoms with van der Waals surface area (Å²) in [5.41, 5.74) is 1.11. The molecule has 1 aliphatic heterocycles. The molecule has 2 amide bonds. The normalized spacial score (nSPS) is 18.6. The summed E-state index contributed by atoms with van der Waals surface area (Å²) in [6, 6.07) is 9.68. The summed E-state index contributed by atoms with van der Waals surface area (Å²) in [6.45, 7) is 1.58. The van der Waals surface area contributed by atoms with Crippen molar-refractivity contribution in [3.05, 3.63) is 35.9 Å². The number of thioether (sulfide) groups is 1. The highest BCUT2D eigenvalue weighted by Crippen LogP contribution is 2.20. The van der Waals surface area contributed by atoms with Crippen molar-refractivity contribution in [2.75, 3.05) is 25.1 Å². The number of hydrogen-bond donors (Lipinski definition) is 2. The summed E-state index contributed by atoms with van der Waals surface area (Å²) in [5.74, 6) is 0.808. The van der Waals surface area contributed by atoms with Gasteiger partial charge in [0.05, 0.1) is 0 Å². The van der Waals surface area contributed by atoms with Gasteiger partial charge in [0.2, 0.25) is 0 Å². The van der Waals surface area contributed by atoms with Crippen LogP contribution >= 0.6 is 11.8 Å². The van der Waals surface area contributed by atoms with Crippen molar-refractivity contribution in [1.29, 1.82) is 0 Å². The van der Waals surface area contributed by atoms with Crippen LogP contribution in [0.5, 0.6) is 0 Å². The summed E-state index contributed by atoms with van der Waals surface area (Å²) in [6.07, 6.45) is 5.47. The topological polar surface area (TPSA) is 69.6 Å². The molecule has 0 radical (unpaired) electrons. The molecule has 1 aromatic carbocycles. The van der Waals surface area contributed by atoms with Crippen LogP contribution in [0.15, 0.2) is 30.3 Å². The van der Waals surface area contributed by atoms with E-state index in [0.717, 1.165) is 30.8 Å². The lowest BCUT2D eigenvalue weighted by atomic mass is 10.00. The van der Waals surface area contributed by atoms with Crippen LogP contribution in [0.4, 0.5) is 4.79 Å². The average Bonchev–Trinajstić information content (AvgIpc) is 2.61. The highest BCUT2D eigenvalue weighted by molar-refractivity contribution is 7.98. The fraction of sp³-hybridized carbons (Fsp3) is 0.579. The first-order valence-electron chi connectivity index (χ1n) is 8.88. The Morgan fingerprint density at radius 1 is 1.36 bits per heavy atom. The van der Waals surface area contributed by atoms with Gasteiger partial charge in [0, 0.05) is 25.6 Å². The van der Waals surface area contributed by atoms with Gasteiger partial charge >= 0.3 is 12.0 Å². The van der Waals surface area contributed by atoms with Crippen LogP contribution in [0, 0.1) is 5.92 Å². The largest absolute Gasteiger partial charge is 0.481 e. The van der Waals surface area contributed by atoms with Crippen LogP contribution in [0.25, 0.3) is 0 Å². The van der Waals surface area contributed by atoms with Gasteiger partial charge in [0.25, 0.3) is 0 Å². The molecule has 1 heterocycles. The van der Waals surface area contributed by atoms with Crippen molar-refractivity contribution >= 4 is 23.8 Å². The minimum absolute atomic E-state index is 0.0582. The zero-order valence-electron chi connectivity index (χ0n) is 14.8. The molecule has 1 aliphatic rings. The molecule has 0 aromatic heterocycles. The number of piperidine rings is 1. The number of aliphatic carboxylic acids is 1. The second-order valence-corrected chi connectivity index (χ2v) is 7.59. The Hall–Kier alpha value is -1.69. The summed E-state index contributed by atoms with van der Waals surface area (Å²) >= 11 is 1.83. The number of carbonyl (C=O) groups is 2. The van der Waals surface area contributed by atoms with Crippen molar-refractivity contribution in [1.82, 2.24) is 10.2 Å². The summed E-state index contributed by atoms with van der Waals surface area (Å²) in [7, 11) is 0. The van der Waals surface area contributed by atoms with Gasteiger partial charge in [-0.05, 0) is 49.2 Å². The molecule has 2 unspecified atom stereocenters. The molecule has 1 saturated heterocycles. The Kier molecular flexibility index (Phi) is 8.12. The number of nitrogens with one attached hydrogen (secondary N) is 1. The smallest absolute Gasteiger partial charge is 0.317 e. The van der Waals surface area contributed by atoms with Crippen LogP contribution in [-0.4, -0.2) is 53.1 Å². The van der Waals surface area contributed by atoms with Crippen molar-refractivity contribution in [3.8, 4) is 0 Å². The van der Waals surface area contributed by atoms with E-state index >= 15 is 0 Å². The van der Waals surface area contributed by atoms with Gasteiger partial charge in [-0.25, -0.2) is 4.79 Å². The number of nitrogens with zero attached hydrogens (tertiary/aromatic N) is 1. The third-order valence-corrected chi connectivity index (χ3v) is 5.37. The fourth-order valence-electron chi connectivity index (χ4n) is 3.31.